The molecule has 0 aliphatic heterocycles. The van der Waals surface area contributed by atoms with Crippen LogP contribution in [0.25, 0.3) is 0 Å². The Labute approximate surface area is 103 Å². The topological polar surface area (TPSA) is 9.23 Å². The van der Waals surface area contributed by atoms with Crippen LogP contribution in [0.1, 0.15) is 12.8 Å². The van der Waals surface area contributed by atoms with Gasteiger partial charge < -0.3 is 4.74 Å². The number of hydrogen-bond donors (Lipinski definition) is 0. The second-order valence-corrected chi connectivity index (χ2v) is 4.59. The van der Waals surface area contributed by atoms with Gasteiger partial charge in [-0.15, -0.1) is 11.6 Å². The van der Waals surface area contributed by atoms with E-state index in [1.807, 2.05) is 0 Å². The molecule has 1 aliphatic rings. The van der Waals surface area contributed by atoms with E-state index in [0.29, 0.717) is 0 Å². The fraction of sp³-hybridized carbons (Fsp3) is 1.00. The lowest BCUT2D eigenvalue weighted by molar-refractivity contribution is -0.321. The van der Waals surface area contributed by atoms with Crippen LogP contribution in [0.15, 0.2) is 0 Å². The van der Waals surface area contributed by atoms with Gasteiger partial charge in [-0.05, 0) is 0 Å². The monoisotopic (exact) mass is 302 g/mol. The van der Waals surface area contributed by atoms with Crippen LogP contribution < -0.4 is 0 Å². The fourth-order valence-electron chi connectivity index (χ4n) is 1.77. The zero-order valence-electron chi connectivity index (χ0n) is 8.92. The van der Waals surface area contributed by atoms with E-state index in [9.17, 15) is 30.7 Å². The van der Waals surface area contributed by atoms with Crippen molar-refractivity contribution in [2.75, 3.05) is 13.3 Å². The molecule has 1 saturated carbocycles. The highest BCUT2D eigenvalue weighted by Gasteiger charge is 2.74. The molecule has 1 rings (SSSR count). The van der Waals surface area contributed by atoms with E-state index in [2.05, 4.69) is 4.74 Å². The van der Waals surface area contributed by atoms with Crippen LogP contribution in [0.4, 0.5) is 30.7 Å². The van der Waals surface area contributed by atoms with Crippen molar-refractivity contribution >= 4 is 11.6 Å². The number of halogens is 8. The number of ether oxygens (including phenoxy) is 1. The van der Waals surface area contributed by atoms with Crippen molar-refractivity contribution in [2.24, 2.45) is 0 Å². The molecule has 0 aromatic rings. The molecule has 0 radical (unpaired) electrons. The SMILES string of the molecule is FCCO[C@H]1CC(F)(F)[C@](F)(C(F)(F)F)C[C@@H]1Cl. The number of rotatable bonds is 3. The molecule has 1 nitrogen and oxygen atoms in total. The van der Waals surface area contributed by atoms with Crippen LogP contribution in [0.2, 0.25) is 0 Å². The Kier molecular flexibility index (Phi) is 4.42. The quantitative estimate of drug-likeness (QED) is 0.571. The van der Waals surface area contributed by atoms with Gasteiger partial charge in [-0.2, -0.15) is 13.2 Å². The first-order valence-electron chi connectivity index (χ1n) is 5.00. The van der Waals surface area contributed by atoms with Gasteiger partial charge in [0, 0.05) is 12.8 Å². The molecule has 0 unspecified atom stereocenters. The summed E-state index contributed by atoms with van der Waals surface area (Å²) in [6, 6.07) is 0. The number of hydrogen-bond acceptors (Lipinski definition) is 1. The van der Waals surface area contributed by atoms with Crippen LogP contribution in [0.3, 0.4) is 0 Å². The molecule has 0 aromatic carbocycles. The minimum Gasteiger partial charge on any atom is -0.374 e. The second kappa shape index (κ2) is 5.03. The molecule has 9 heteroatoms. The normalized spacial score (nSPS) is 36.7. The van der Waals surface area contributed by atoms with E-state index < -0.39 is 55.4 Å². The maximum absolute atomic E-state index is 13.5. The van der Waals surface area contributed by atoms with E-state index in [1.54, 1.807) is 0 Å². The van der Waals surface area contributed by atoms with Crippen molar-refractivity contribution in [3.05, 3.63) is 0 Å². The van der Waals surface area contributed by atoms with Gasteiger partial charge >= 0.3 is 6.18 Å². The van der Waals surface area contributed by atoms with Gasteiger partial charge in [0.2, 0.25) is 0 Å². The second-order valence-electron chi connectivity index (χ2n) is 4.03. The molecule has 108 valence electrons. The predicted molar refractivity (Wildman–Crippen MR) is 49.4 cm³/mol. The Morgan fingerprint density at radius 3 is 2.17 bits per heavy atom. The predicted octanol–water partition coefficient (Wildman–Crippen LogP) is 3.65. The molecule has 0 amide bonds. The summed E-state index contributed by atoms with van der Waals surface area (Å²) in [7, 11) is 0. The Morgan fingerprint density at radius 1 is 1.17 bits per heavy atom. The van der Waals surface area contributed by atoms with Crippen LogP contribution in [0.5, 0.6) is 0 Å². The first-order chi connectivity index (χ1) is 8.05. The van der Waals surface area contributed by atoms with Crippen molar-refractivity contribution in [2.45, 2.75) is 42.1 Å². The standard InChI is InChI=1S/C9H10ClF7O/c10-5-3-7(12,9(15,16)17)8(13,14)4-6(5)18-2-1-11/h5-6H,1-4H2/t5-,6-,7-/m0/s1. The Morgan fingerprint density at radius 2 is 1.72 bits per heavy atom. The van der Waals surface area contributed by atoms with E-state index in [0.717, 1.165) is 0 Å². The van der Waals surface area contributed by atoms with Crippen LogP contribution in [0, 0.1) is 0 Å². The van der Waals surface area contributed by atoms with Crippen molar-refractivity contribution in [3.63, 3.8) is 0 Å². The fourth-order valence-corrected chi connectivity index (χ4v) is 2.15. The summed E-state index contributed by atoms with van der Waals surface area (Å²) in [6.45, 7) is -1.57. The molecule has 3 atom stereocenters. The molecule has 0 saturated heterocycles. The van der Waals surface area contributed by atoms with Crippen LogP contribution in [-0.2, 0) is 4.74 Å². The molecular formula is C9H10ClF7O. The Balaban J connectivity index is 2.90. The smallest absolute Gasteiger partial charge is 0.374 e. The molecule has 1 aliphatic carbocycles. The average molecular weight is 303 g/mol. The minimum atomic E-state index is -5.73. The highest BCUT2D eigenvalue weighted by molar-refractivity contribution is 6.21. The molecular weight excluding hydrogens is 293 g/mol. The minimum absolute atomic E-state index is 0.574. The zero-order chi connectivity index (χ0) is 14.2. The maximum atomic E-state index is 13.5. The molecule has 0 heterocycles. The zero-order valence-corrected chi connectivity index (χ0v) is 9.67. The van der Waals surface area contributed by atoms with Gasteiger partial charge in [-0.1, -0.05) is 0 Å². The van der Waals surface area contributed by atoms with Gasteiger partial charge in [0.15, 0.2) is 0 Å². The summed E-state index contributed by atoms with van der Waals surface area (Å²) in [6.07, 6.45) is -10.4. The summed E-state index contributed by atoms with van der Waals surface area (Å²) in [5.74, 6) is -4.66. The highest BCUT2D eigenvalue weighted by Crippen LogP contribution is 2.54. The number of alkyl halides is 8. The summed E-state index contributed by atoms with van der Waals surface area (Å²) in [4.78, 5) is 0. The van der Waals surface area contributed by atoms with Crippen molar-refractivity contribution in [3.8, 4) is 0 Å². The van der Waals surface area contributed by atoms with Crippen molar-refractivity contribution in [1.29, 1.82) is 0 Å². The summed E-state index contributed by atoms with van der Waals surface area (Å²) >= 11 is 5.42. The Hall–Kier alpha value is -0.240. The molecule has 0 bridgehead atoms. The summed E-state index contributed by atoms with van der Waals surface area (Å²) in [5, 5.41) is -1.59. The highest BCUT2D eigenvalue weighted by atomic mass is 35.5. The summed E-state index contributed by atoms with van der Waals surface area (Å²) < 4.78 is 93.5. The van der Waals surface area contributed by atoms with E-state index >= 15 is 0 Å². The van der Waals surface area contributed by atoms with Gasteiger partial charge in [0.05, 0.1) is 18.1 Å². The van der Waals surface area contributed by atoms with Gasteiger partial charge in [-0.25, -0.2) is 17.6 Å². The van der Waals surface area contributed by atoms with Gasteiger partial charge in [-0.3, -0.25) is 0 Å². The first kappa shape index (κ1) is 15.8. The third-order valence-electron chi connectivity index (χ3n) is 2.78. The average Bonchev–Trinajstić information content (AvgIpc) is 2.20. The van der Waals surface area contributed by atoms with E-state index in [1.165, 1.54) is 0 Å². The lowest BCUT2D eigenvalue weighted by Crippen LogP contribution is -2.62. The molecule has 0 spiro atoms. The Bertz CT molecular complexity index is 295. The third kappa shape index (κ3) is 2.68. The molecule has 0 N–H and O–H groups in total. The van der Waals surface area contributed by atoms with Gasteiger partial charge in [0.1, 0.15) is 6.67 Å². The maximum Gasteiger partial charge on any atom is 0.428 e. The lowest BCUT2D eigenvalue weighted by Gasteiger charge is -2.43. The lowest BCUT2D eigenvalue weighted by atomic mass is 9.80. The van der Waals surface area contributed by atoms with E-state index in [-0.39, 0.29) is 0 Å². The van der Waals surface area contributed by atoms with Gasteiger partial charge in [0.25, 0.3) is 11.6 Å². The van der Waals surface area contributed by atoms with Crippen molar-refractivity contribution < 1.29 is 35.5 Å². The molecule has 0 aromatic heterocycles. The first-order valence-corrected chi connectivity index (χ1v) is 5.44. The van der Waals surface area contributed by atoms with E-state index in [4.69, 9.17) is 11.6 Å². The van der Waals surface area contributed by atoms with Crippen LogP contribution >= 0.6 is 11.6 Å². The largest absolute Gasteiger partial charge is 0.428 e. The third-order valence-corrected chi connectivity index (χ3v) is 3.21. The molecule has 1 fully saturated rings. The van der Waals surface area contributed by atoms with Crippen molar-refractivity contribution in [1.82, 2.24) is 0 Å². The van der Waals surface area contributed by atoms with Crippen LogP contribution in [-0.4, -0.2) is 42.5 Å². The molecule has 18 heavy (non-hydrogen) atoms. The summed E-state index contributed by atoms with van der Waals surface area (Å²) in [5.41, 5.74) is -4.68.